The first-order chi connectivity index (χ1) is 9.00. The van der Waals surface area contributed by atoms with Gasteiger partial charge >= 0.3 is 0 Å². The maximum absolute atomic E-state index is 12.0. The highest BCUT2D eigenvalue weighted by Crippen LogP contribution is 2.30. The van der Waals surface area contributed by atoms with E-state index in [0.29, 0.717) is 11.7 Å². The molecule has 104 valence electrons. The van der Waals surface area contributed by atoms with Crippen molar-refractivity contribution in [2.24, 2.45) is 0 Å². The zero-order chi connectivity index (χ0) is 14.0. The van der Waals surface area contributed by atoms with E-state index in [9.17, 15) is 4.79 Å². The zero-order valence-corrected chi connectivity index (χ0v) is 12.3. The molecule has 5 nitrogen and oxygen atoms in total. The molecule has 0 bridgehead atoms. The topological polar surface area (TPSA) is 49.3 Å². The van der Waals surface area contributed by atoms with Crippen molar-refractivity contribution >= 4 is 23.3 Å². The Balaban J connectivity index is 2.36. The molecule has 0 aromatic carbocycles. The molecule has 2 rings (SSSR count). The zero-order valence-electron chi connectivity index (χ0n) is 11.6. The number of aromatic nitrogens is 2. The van der Waals surface area contributed by atoms with Crippen molar-refractivity contribution in [2.45, 2.75) is 26.2 Å². The molecule has 1 aliphatic heterocycles. The van der Waals surface area contributed by atoms with Crippen LogP contribution in [-0.4, -0.2) is 47.5 Å². The molecule has 1 fully saturated rings. The maximum Gasteiger partial charge on any atom is 0.241 e. The van der Waals surface area contributed by atoms with Gasteiger partial charge in [0.15, 0.2) is 0 Å². The predicted octanol–water partition coefficient (Wildman–Crippen LogP) is 1.92. The molecule has 1 aromatic rings. The average Bonchev–Trinajstić information content (AvgIpc) is 2.51. The van der Waals surface area contributed by atoms with Crippen LogP contribution in [0.4, 0.5) is 5.82 Å². The summed E-state index contributed by atoms with van der Waals surface area (Å²) in [6.45, 7) is 6.05. The third kappa shape index (κ3) is 2.97. The van der Waals surface area contributed by atoms with Gasteiger partial charge in [0.05, 0.1) is 6.54 Å². The van der Waals surface area contributed by atoms with E-state index in [0.717, 1.165) is 30.9 Å². The lowest BCUT2D eigenvalue weighted by Gasteiger charge is -2.24. The lowest BCUT2D eigenvalue weighted by Crippen LogP contribution is -2.35. The number of hydrogen-bond donors (Lipinski definition) is 0. The summed E-state index contributed by atoms with van der Waals surface area (Å²) in [4.78, 5) is 24.1. The summed E-state index contributed by atoms with van der Waals surface area (Å²) in [6, 6.07) is 0. The van der Waals surface area contributed by atoms with Crippen LogP contribution in [0, 0.1) is 0 Å². The van der Waals surface area contributed by atoms with Crippen LogP contribution < -0.4 is 4.90 Å². The highest BCUT2D eigenvalue weighted by molar-refractivity contribution is 6.30. The molecular formula is C13H19ClN4O. The number of amides is 1. The summed E-state index contributed by atoms with van der Waals surface area (Å²) in [7, 11) is 1.84. The van der Waals surface area contributed by atoms with Gasteiger partial charge in [0, 0.05) is 25.7 Å². The number of rotatable bonds is 2. The fraction of sp³-hybridized carbons (Fsp3) is 0.615. The molecule has 1 amide bonds. The second kappa shape index (κ2) is 5.74. The number of halogens is 1. The van der Waals surface area contributed by atoms with E-state index in [1.54, 1.807) is 4.90 Å². The Kier molecular flexibility index (Phi) is 4.24. The quantitative estimate of drug-likeness (QED) is 0.778. The molecule has 6 heteroatoms. The van der Waals surface area contributed by atoms with Crippen LogP contribution in [0.15, 0.2) is 6.33 Å². The predicted molar refractivity (Wildman–Crippen MR) is 75.6 cm³/mol. The van der Waals surface area contributed by atoms with Gasteiger partial charge in [0.2, 0.25) is 5.91 Å². The Morgan fingerprint density at radius 3 is 2.74 bits per heavy atom. The van der Waals surface area contributed by atoms with Crippen LogP contribution in [0.3, 0.4) is 0 Å². The number of nitrogens with zero attached hydrogens (tertiary/aromatic N) is 4. The van der Waals surface area contributed by atoms with Gasteiger partial charge in [-0.2, -0.15) is 0 Å². The molecule has 0 aliphatic carbocycles. The van der Waals surface area contributed by atoms with Crippen molar-refractivity contribution in [1.29, 1.82) is 0 Å². The van der Waals surface area contributed by atoms with E-state index in [4.69, 9.17) is 11.6 Å². The monoisotopic (exact) mass is 282 g/mol. The molecule has 0 atom stereocenters. The summed E-state index contributed by atoms with van der Waals surface area (Å²) in [5.41, 5.74) is 0.918. The fourth-order valence-corrected chi connectivity index (χ4v) is 2.63. The molecule has 2 heterocycles. The number of hydrogen-bond acceptors (Lipinski definition) is 4. The minimum atomic E-state index is 0.113. The molecule has 0 N–H and O–H groups in total. The summed E-state index contributed by atoms with van der Waals surface area (Å²) in [5, 5.41) is 0.477. The van der Waals surface area contributed by atoms with Crippen LogP contribution in [0.25, 0.3) is 0 Å². The number of anilines is 1. The Morgan fingerprint density at radius 2 is 2.05 bits per heavy atom. The maximum atomic E-state index is 12.0. The fourth-order valence-electron chi connectivity index (χ4n) is 2.28. The van der Waals surface area contributed by atoms with Crippen molar-refractivity contribution in [3.05, 3.63) is 17.0 Å². The minimum absolute atomic E-state index is 0.113. The molecule has 0 spiro atoms. The Bertz CT molecular complexity index is 478. The Hall–Kier alpha value is -1.36. The van der Waals surface area contributed by atoms with Gasteiger partial charge in [0.25, 0.3) is 0 Å². The van der Waals surface area contributed by atoms with E-state index in [1.807, 2.05) is 11.9 Å². The largest absolute Gasteiger partial charge is 0.347 e. The number of carbonyl (C=O) groups excluding carboxylic acids is 1. The smallest absolute Gasteiger partial charge is 0.241 e. The van der Waals surface area contributed by atoms with Crippen LogP contribution >= 0.6 is 11.6 Å². The van der Waals surface area contributed by atoms with Crippen molar-refractivity contribution in [1.82, 2.24) is 14.9 Å². The average molecular weight is 283 g/mol. The van der Waals surface area contributed by atoms with E-state index in [-0.39, 0.29) is 11.8 Å². The number of likely N-dealkylation sites (N-methyl/N-ethyl adjacent to an activating group) is 1. The van der Waals surface area contributed by atoms with Gasteiger partial charge in [-0.3, -0.25) is 4.79 Å². The Morgan fingerprint density at radius 1 is 1.32 bits per heavy atom. The first-order valence-corrected chi connectivity index (χ1v) is 6.87. The van der Waals surface area contributed by atoms with Gasteiger partial charge in [-0.05, 0) is 12.3 Å². The second-order valence-corrected chi connectivity index (χ2v) is 5.50. The first-order valence-electron chi connectivity index (χ1n) is 6.50. The molecule has 0 radical (unpaired) electrons. The first kappa shape index (κ1) is 14.1. The van der Waals surface area contributed by atoms with E-state index < -0.39 is 0 Å². The molecule has 1 aliphatic rings. The number of carbonyl (C=O) groups is 1. The summed E-state index contributed by atoms with van der Waals surface area (Å²) < 4.78 is 0. The highest BCUT2D eigenvalue weighted by Gasteiger charge is 2.24. The minimum Gasteiger partial charge on any atom is -0.347 e. The van der Waals surface area contributed by atoms with Crippen LogP contribution in [0.5, 0.6) is 0 Å². The van der Waals surface area contributed by atoms with Gasteiger partial charge in [-0.1, -0.05) is 25.4 Å². The second-order valence-electron chi connectivity index (χ2n) is 5.15. The third-order valence-corrected chi connectivity index (χ3v) is 3.67. The van der Waals surface area contributed by atoms with Crippen LogP contribution in [-0.2, 0) is 4.79 Å². The van der Waals surface area contributed by atoms with Crippen LogP contribution in [0.2, 0.25) is 5.15 Å². The van der Waals surface area contributed by atoms with E-state index in [1.165, 1.54) is 6.33 Å². The molecule has 1 saturated heterocycles. The lowest BCUT2D eigenvalue weighted by atomic mass is 10.1. The van der Waals surface area contributed by atoms with Gasteiger partial charge in [-0.15, -0.1) is 0 Å². The summed E-state index contributed by atoms with van der Waals surface area (Å²) >= 11 is 6.18. The van der Waals surface area contributed by atoms with Crippen LogP contribution in [0.1, 0.15) is 31.7 Å². The molecule has 1 aromatic heterocycles. The normalized spacial score (nSPS) is 17.0. The summed E-state index contributed by atoms with van der Waals surface area (Å²) in [5.74, 6) is 1.13. The lowest BCUT2D eigenvalue weighted by molar-refractivity contribution is -0.127. The third-order valence-electron chi connectivity index (χ3n) is 3.36. The van der Waals surface area contributed by atoms with Crippen molar-refractivity contribution in [2.75, 3.05) is 31.6 Å². The van der Waals surface area contributed by atoms with E-state index in [2.05, 4.69) is 23.8 Å². The molecule has 0 saturated carbocycles. The molecule has 19 heavy (non-hydrogen) atoms. The Labute approximate surface area is 118 Å². The van der Waals surface area contributed by atoms with Gasteiger partial charge in [-0.25, -0.2) is 9.97 Å². The standard InChI is InChI=1S/C13H19ClN4O/c1-9(2)11-12(14)15-8-16-13(11)18-6-4-5-17(3)10(19)7-18/h8-9H,4-7H2,1-3H3. The SMILES string of the molecule is CC(C)c1c(Cl)ncnc1N1CCCN(C)C(=O)C1. The van der Waals surface area contributed by atoms with Crippen molar-refractivity contribution in [3.63, 3.8) is 0 Å². The summed E-state index contributed by atoms with van der Waals surface area (Å²) in [6.07, 6.45) is 2.39. The van der Waals surface area contributed by atoms with E-state index >= 15 is 0 Å². The van der Waals surface area contributed by atoms with Gasteiger partial charge < -0.3 is 9.80 Å². The molecule has 0 unspecified atom stereocenters. The van der Waals surface area contributed by atoms with Crippen molar-refractivity contribution < 1.29 is 4.79 Å². The van der Waals surface area contributed by atoms with Gasteiger partial charge in [0.1, 0.15) is 17.3 Å². The molecular weight excluding hydrogens is 264 g/mol. The van der Waals surface area contributed by atoms with Crippen molar-refractivity contribution in [3.8, 4) is 0 Å². The highest BCUT2D eigenvalue weighted by atomic mass is 35.5.